The number of benzene rings is 1. The van der Waals surface area contributed by atoms with Gasteiger partial charge >= 0.3 is 0 Å². The first-order chi connectivity index (χ1) is 10.1. The van der Waals surface area contributed by atoms with Crippen molar-refractivity contribution in [2.75, 3.05) is 18.5 Å². The maximum Gasteiger partial charge on any atom is 0.231 e. The van der Waals surface area contributed by atoms with E-state index < -0.39 is 5.41 Å². The Bertz CT molecular complexity index is 460. The highest BCUT2D eigenvalue weighted by atomic mass is 35.5. The van der Waals surface area contributed by atoms with E-state index in [1.807, 2.05) is 38.1 Å². The van der Waals surface area contributed by atoms with E-state index in [0.29, 0.717) is 6.54 Å². The van der Waals surface area contributed by atoms with Gasteiger partial charge in [-0.05, 0) is 55.9 Å². The smallest absolute Gasteiger partial charge is 0.231 e. The number of nitrogens with two attached hydrogens (primary N) is 1. The number of anilines is 1. The van der Waals surface area contributed by atoms with Crippen LogP contribution in [0.3, 0.4) is 0 Å². The molecule has 22 heavy (non-hydrogen) atoms. The normalized spacial score (nSPS) is 14.1. The quantitative estimate of drug-likeness (QED) is 0.767. The van der Waals surface area contributed by atoms with Crippen LogP contribution in [0.1, 0.15) is 39.5 Å². The first kappa shape index (κ1) is 18.8. The highest BCUT2D eigenvalue weighted by Gasteiger charge is 2.33. The topological polar surface area (TPSA) is 64.4 Å². The van der Waals surface area contributed by atoms with Crippen LogP contribution in [0, 0.1) is 11.3 Å². The monoisotopic (exact) mass is 326 g/mol. The number of hydrogen-bond acceptors (Lipinski definition) is 3. The van der Waals surface area contributed by atoms with Gasteiger partial charge in [-0.25, -0.2) is 0 Å². The van der Waals surface area contributed by atoms with E-state index in [9.17, 15) is 4.79 Å². The van der Waals surface area contributed by atoms with Crippen LogP contribution in [-0.4, -0.2) is 19.1 Å². The van der Waals surface area contributed by atoms with Gasteiger partial charge in [0.15, 0.2) is 0 Å². The SMILES string of the molecule is CCC(CC)(CN)C(=O)Nc1ccc(OCC2CC2)cc1.Cl. The lowest BCUT2D eigenvalue weighted by atomic mass is 9.81. The predicted molar refractivity (Wildman–Crippen MR) is 92.6 cm³/mol. The van der Waals surface area contributed by atoms with Gasteiger partial charge in [-0.3, -0.25) is 4.79 Å². The molecule has 0 spiro atoms. The standard InChI is InChI=1S/C17H26N2O2.ClH/c1-3-17(4-2,12-18)16(20)19-14-7-9-15(10-8-14)21-11-13-5-6-13;/h7-10,13H,3-6,11-12,18H2,1-2H3,(H,19,20);1H. The van der Waals surface area contributed by atoms with Gasteiger partial charge in [0.25, 0.3) is 0 Å². The Hall–Kier alpha value is -1.26. The minimum absolute atomic E-state index is 0. The average Bonchev–Trinajstić information content (AvgIpc) is 3.33. The molecule has 1 saturated carbocycles. The molecule has 1 aliphatic rings. The fourth-order valence-electron chi connectivity index (χ4n) is 2.35. The molecule has 1 aliphatic carbocycles. The molecule has 0 saturated heterocycles. The van der Waals surface area contributed by atoms with Gasteiger partial charge in [0, 0.05) is 12.2 Å². The summed E-state index contributed by atoms with van der Waals surface area (Å²) in [6, 6.07) is 7.57. The van der Waals surface area contributed by atoms with E-state index in [0.717, 1.165) is 36.8 Å². The van der Waals surface area contributed by atoms with Crippen molar-refractivity contribution in [3.8, 4) is 5.75 Å². The Balaban J connectivity index is 0.00000242. The van der Waals surface area contributed by atoms with Crippen molar-refractivity contribution in [1.29, 1.82) is 0 Å². The summed E-state index contributed by atoms with van der Waals surface area (Å²) in [5.41, 5.74) is 6.12. The molecule has 1 fully saturated rings. The largest absolute Gasteiger partial charge is 0.493 e. The second-order valence-electron chi connectivity index (χ2n) is 5.92. The van der Waals surface area contributed by atoms with Crippen molar-refractivity contribution in [2.24, 2.45) is 17.1 Å². The molecule has 0 aromatic heterocycles. The van der Waals surface area contributed by atoms with Crippen molar-refractivity contribution >= 4 is 24.0 Å². The van der Waals surface area contributed by atoms with Crippen LogP contribution in [0.2, 0.25) is 0 Å². The summed E-state index contributed by atoms with van der Waals surface area (Å²) in [7, 11) is 0. The van der Waals surface area contributed by atoms with Gasteiger partial charge in [0.1, 0.15) is 5.75 Å². The Morgan fingerprint density at radius 1 is 1.27 bits per heavy atom. The summed E-state index contributed by atoms with van der Waals surface area (Å²) in [6.45, 7) is 5.18. The third kappa shape index (κ3) is 4.62. The van der Waals surface area contributed by atoms with Gasteiger partial charge < -0.3 is 15.8 Å². The maximum atomic E-state index is 12.4. The fraction of sp³-hybridized carbons (Fsp3) is 0.588. The van der Waals surface area contributed by atoms with Crippen LogP contribution in [0.15, 0.2) is 24.3 Å². The molecule has 1 aromatic carbocycles. The van der Waals surface area contributed by atoms with Gasteiger partial charge in [-0.1, -0.05) is 13.8 Å². The highest BCUT2D eigenvalue weighted by molar-refractivity contribution is 5.95. The second-order valence-corrected chi connectivity index (χ2v) is 5.92. The van der Waals surface area contributed by atoms with Crippen LogP contribution in [0.4, 0.5) is 5.69 Å². The van der Waals surface area contributed by atoms with E-state index in [2.05, 4.69) is 5.32 Å². The van der Waals surface area contributed by atoms with Gasteiger partial charge in [0.2, 0.25) is 5.91 Å². The molecular weight excluding hydrogens is 300 g/mol. The Kier molecular flexibility index (Phi) is 7.17. The van der Waals surface area contributed by atoms with Crippen molar-refractivity contribution in [3.63, 3.8) is 0 Å². The van der Waals surface area contributed by atoms with Crippen LogP contribution in [-0.2, 0) is 4.79 Å². The van der Waals surface area contributed by atoms with Gasteiger partial charge in [0.05, 0.1) is 12.0 Å². The van der Waals surface area contributed by atoms with Gasteiger partial charge in [-0.15, -0.1) is 12.4 Å². The number of carbonyl (C=O) groups is 1. The molecule has 0 aliphatic heterocycles. The molecule has 2 rings (SSSR count). The third-order valence-corrected chi connectivity index (χ3v) is 4.52. The zero-order valence-electron chi connectivity index (χ0n) is 13.4. The van der Waals surface area contributed by atoms with E-state index in [4.69, 9.17) is 10.5 Å². The van der Waals surface area contributed by atoms with Crippen LogP contribution < -0.4 is 15.8 Å². The van der Waals surface area contributed by atoms with E-state index >= 15 is 0 Å². The lowest BCUT2D eigenvalue weighted by Gasteiger charge is -2.28. The molecular formula is C17H27ClN2O2. The molecule has 1 amide bonds. The molecule has 0 bridgehead atoms. The minimum atomic E-state index is -0.471. The molecule has 4 nitrogen and oxygen atoms in total. The predicted octanol–water partition coefficient (Wildman–Crippen LogP) is 3.60. The summed E-state index contributed by atoms with van der Waals surface area (Å²) < 4.78 is 5.69. The Labute approximate surface area is 139 Å². The zero-order valence-corrected chi connectivity index (χ0v) is 14.2. The Morgan fingerprint density at radius 2 is 1.86 bits per heavy atom. The molecule has 1 aromatic rings. The maximum absolute atomic E-state index is 12.4. The highest BCUT2D eigenvalue weighted by Crippen LogP contribution is 2.30. The lowest BCUT2D eigenvalue weighted by Crippen LogP contribution is -2.41. The molecule has 124 valence electrons. The second kappa shape index (κ2) is 8.39. The number of halogens is 1. The summed E-state index contributed by atoms with van der Waals surface area (Å²) in [5, 5.41) is 2.97. The third-order valence-electron chi connectivity index (χ3n) is 4.52. The van der Waals surface area contributed by atoms with Crippen LogP contribution >= 0.6 is 12.4 Å². The first-order valence-electron chi connectivity index (χ1n) is 7.88. The van der Waals surface area contributed by atoms with Crippen LogP contribution in [0.25, 0.3) is 0 Å². The minimum Gasteiger partial charge on any atom is -0.493 e. The van der Waals surface area contributed by atoms with Gasteiger partial charge in [-0.2, -0.15) is 0 Å². The van der Waals surface area contributed by atoms with E-state index in [-0.39, 0.29) is 18.3 Å². The number of amides is 1. The number of hydrogen-bond donors (Lipinski definition) is 2. The zero-order chi connectivity index (χ0) is 15.3. The van der Waals surface area contributed by atoms with Crippen molar-refractivity contribution in [2.45, 2.75) is 39.5 Å². The number of nitrogens with one attached hydrogen (secondary N) is 1. The molecule has 5 heteroatoms. The van der Waals surface area contributed by atoms with Crippen molar-refractivity contribution < 1.29 is 9.53 Å². The fourth-order valence-corrected chi connectivity index (χ4v) is 2.35. The molecule has 0 radical (unpaired) electrons. The molecule has 3 N–H and O–H groups in total. The first-order valence-corrected chi connectivity index (χ1v) is 7.88. The molecule has 0 atom stereocenters. The van der Waals surface area contributed by atoms with Crippen LogP contribution in [0.5, 0.6) is 5.75 Å². The summed E-state index contributed by atoms with van der Waals surface area (Å²) in [6.07, 6.45) is 4.05. The summed E-state index contributed by atoms with van der Waals surface area (Å²) >= 11 is 0. The average molecular weight is 327 g/mol. The molecule has 0 heterocycles. The molecule has 0 unspecified atom stereocenters. The van der Waals surface area contributed by atoms with E-state index in [1.165, 1.54) is 12.8 Å². The Morgan fingerprint density at radius 3 is 2.32 bits per heavy atom. The number of carbonyl (C=O) groups excluding carboxylic acids is 1. The number of ether oxygens (including phenoxy) is 1. The lowest BCUT2D eigenvalue weighted by molar-refractivity contribution is -0.125. The number of rotatable bonds is 8. The summed E-state index contributed by atoms with van der Waals surface area (Å²) in [4.78, 5) is 12.4. The summed E-state index contributed by atoms with van der Waals surface area (Å²) in [5.74, 6) is 1.60. The van der Waals surface area contributed by atoms with Crippen molar-refractivity contribution in [1.82, 2.24) is 0 Å². The van der Waals surface area contributed by atoms with E-state index in [1.54, 1.807) is 0 Å². The van der Waals surface area contributed by atoms with Crippen molar-refractivity contribution in [3.05, 3.63) is 24.3 Å².